The Labute approximate surface area is 92.0 Å². The van der Waals surface area contributed by atoms with Crippen LogP contribution in [0.4, 0.5) is 8.78 Å². The first kappa shape index (κ1) is 10.8. The molecule has 0 heterocycles. The fraction of sp³-hybridized carbons (Fsp3) is 0.0769. The maximum atomic E-state index is 13.4. The first-order valence-electron chi connectivity index (χ1n) is 4.87. The molecule has 0 aliphatic rings. The van der Waals surface area contributed by atoms with Gasteiger partial charge in [-0.2, -0.15) is 0 Å². The molecule has 0 aliphatic carbocycles. The fourth-order valence-electron chi connectivity index (χ4n) is 1.57. The Balaban J connectivity index is 2.46. The van der Waals surface area contributed by atoms with Gasteiger partial charge in [0.1, 0.15) is 17.7 Å². The maximum absolute atomic E-state index is 13.4. The normalized spacial score (nSPS) is 12.4. The summed E-state index contributed by atoms with van der Waals surface area (Å²) in [6.07, 6.45) is -1.28. The molecule has 0 bridgehead atoms. The standard InChI is InChI=1S/C13H10F2O/c14-10-7-4-8-11(15)12(10)13(16)9-5-2-1-3-6-9/h1-8,13,16H. The van der Waals surface area contributed by atoms with Gasteiger partial charge in [-0.25, -0.2) is 8.78 Å². The van der Waals surface area contributed by atoms with Gasteiger partial charge in [0, 0.05) is 0 Å². The highest BCUT2D eigenvalue weighted by Crippen LogP contribution is 2.26. The van der Waals surface area contributed by atoms with Crippen molar-refractivity contribution in [2.75, 3.05) is 0 Å². The van der Waals surface area contributed by atoms with E-state index < -0.39 is 17.7 Å². The molecule has 1 nitrogen and oxygen atoms in total. The van der Waals surface area contributed by atoms with Gasteiger partial charge in [-0.15, -0.1) is 0 Å². The average molecular weight is 220 g/mol. The van der Waals surface area contributed by atoms with Crippen molar-refractivity contribution in [1.82, 2.24) is 0 Å². The summed E-state index contributed by atoms with van der Waals surface area (Å²) in [4.78, 5) is 0. The van der Waals surface area contributed by atoms with E-state index in [4.69, 9.17) is 0 Å². The quantitative estimate of drug-likeness (QED) is 0.824. The lowest BCUT2D eigenvalue weighted by atomic mass is 10.0. The molecule has 3 heteroatoms. The van der Waals surface area contributed by atoms with Crippen LogP contribution in [0.3, 0.4) is 0 Å². The Morgan fingerprint density at radius 2 is 1.38 bits per heavy atom. The van der Waals surface area contributed by atoms with Crippen LogP contribution in [0.1, 0.15) is 17.2 Å². The largest absolute Gasteiger partial charge is 0.383 e. The van der Waals surface area contributed by atoms with E-state index in [0.717, 1.165) is 12.1 Å². The summed E-state index contributed by atoms with van der Waals surface area (Å²) in [6.45, 7) is 0. The van der Waals surface area contributed by atoms with Gasteiger partial charge in [0.2, 0.25) is 0 Å². The van der Waals surface area contributed by atoms with E-state index >= 15 is 0 Å². The summed E-state index contributed by atoms with van der Waals surface area (Å²) in [5.74, 6) is -1.48. The maximum Gasteiger partial charge on any atom is 0.132 e. The molecule has 1 atom stereocenters. The van der Waals surface area contributed by atoms with Gasteiger partial charge in [-0.3, -0.25) is 0 Å². The van der Waals surface area contributed by atoms with E-state index in [2.05, 4.69) is 0 Å². The minimum absolute atomic E-state index is 0.311. The summed E-state index contributed by atoms with van der Waals surface area (Å²) in [6, 6.07) is 12.0. The van der Waals surface area contributed by atoms with Crippen molar-refractivity contribution >= 4 is 0 Å². The molecule has 82 valence electrons. The molecule has 16 heavy (non-hydrogen) atoms. The van der Waals surface area contributed by atoms with Crippen molar-refractivity contribution in [2.24, 2.45) is 0 Å². The van der Waals surface area contributed by atoms with Crippen LogP contribution in [0.5, 0.6) is 0 Å². The summed E-state index contributed by atoms with van der Waals surface area (Å²) >= 11 is 0. The highest BCUT2D eigenvalue weighted by atomic mass is 19.1. The second-order valence-electron chi connectivity index (χ2n) is 3.45. The van der Waals surface area contributed by atoms with E-state index in [1.54, 1.807) is 30.3 Å². The molecule has 0 fully saturated rings. The average Bonchev–Trinajstić information content (AvgIpc) is 2.30. The van der Waals surface area contributed by atoms with Crippen molar-refractivity contribution < 1.29 is 13.9 Å². The summed E-state index contributed by atoms with van der Waals surface area (Å²) in [5, 5.41) is 9.87. The molecular weight excluding hydrogens is 210 g/mol. The topological polar surface area (TPSA) is 20.2 Å². The van der Waals surface area contributed by atoms with Crippen LogP contribution in [0.25, 0.3) is 0 Å². The predicted octanol–water partition coefficient (Wildman–Crippen LogP) is 3.05. The predicted molar refractivity (Wildman–Crippen MR) is 56.9 cm³/mol. The minimum atomic E-state index is -1.28. The summed E-state index contributed by atoms with van der Waals surface area (Å²) in [7, 11) is 0. The number of halogens is 2. The molecule has 1 N–H and O–H groups in total. The number of benzene rings is 2. The van der Waals surface area contributed by atoms with Gasteiger partial charge >= 0.3 is 0 Å². The molecule has 0 radical (unpaired) electrons. The monoisotopic (exact) mass is 220 g/mol. The first-order chi connectivity index (χ1) is 7.70. The van der Waals surface area contributed by atoms with Crippen LogP contribution in [-0.4, -0.2) is 5.11 Å². The molecule has 0 spiro atoms. The Kier molecular flexibility index (Phi) is 2.97. The van der Waals surface area contributed by atoms with E-state index in [1.807, 2.05) is 0 Å². The van der Waals surface area contributed by atoms with Crippen molar-refractivity contribution in [1.29, 1.82) is 0 Å². The number of aliphatic hydroxyl groups is 1. The lowest BCUT2D eigenvalue weighted by Gasteiger charge is -2.12. The van der Waals surface area contributed by atoms with Crippen LogP contribution in [-0.2, 0) is 0 Å². The van der Waals surface area contributed by atoms with Crippen molar-refractivity contribution in [3.63, 3.8) is 0 Å². The molecular formula is C13H10F2O. The first-order valence-corrected chi connectivity index (χ1v) is 4.87. The van der Waals surface area contributed by atoms with E-state index in [0.29, 0.717) is 5.56 Å². The zero-order valence-corrected chi connectivity index (χ0v) is 8.40. The lowest BCUT2D eigenvalue weighted by molar-refractivity contribution is 0.209. The number of aliphatic hydroxyl groups excluding tert-OH is 1. The van der Waals surface area contributed by atoms with Crippen LogP contribution < -0.4 is 0 Å². The van der Waals surface area contributed by atoms with Crippen molar-refractivity contribution in [3.8, 4) is 0 Å². The Hall–Kier alpha value is -1.74. The Morgan fingerprint density at radius 3 is 1.94 bits per heavy atom. The molecule has 0 saturated carbocycles. The molecule has 2 rings (SSSR count). The van der Waals surface area contributed by atoms with Gasteiger partial charge in [0.15, 0.2) is 0 Å². The number of hydrogen-bond acceptors (Lipinski definition) is 1. The zero-order valence-electron chi connectivity index (χ0n) is 8.40. The summed E-state index contributed by atoms with van der Waals surface area (Å²) in [5.41, 5.74) is 0.153. The number of rotatable bonds is 2. The molecule has 0 aliphatic heterocycles. The van der Waals surface area contributed by atoms with E-state index in [1.165, 1.54) is 6.07 Å². The van der Waals surface area contributed by atoms with E-state index in [9.17, 15) is 13.9 Å². The molecule has 0 saturated heterocycles. The van der Waals surface area contributed by atoms with Gasteiger partial charge in [0.25, 0.3) is 0 Å². The SMILES string of the molecule is OC(c1ccccc1)c1c(F)cccc1F. The van der Waals surface area contributed by atoms with Gasteiger partial charge in [-0.05, 0) is 17.7 Å². The fourth-order valence-corrected chi connectivity index (χ4v) is 1.57. The van der Waals surface area contributed by atoms with Crippen molar-refractivity contribution in [2.45, 2.75) is 6.10 Å². The van der Waals surface area contributed by atoms with Crippen molar-refractivity contribution in [3.05, 3.63) is 71.3 Å². The third kappa shape index (κ3) is 1.95. The smallest absolute Gasteiger partial charge is 0.132 e. The summed E-state index contributed by atoms with van der Waals surface area (Å²) < 4.78 is 26.8. The van der Waals surface area contributed by atoms with Gasteiger partial charge < -0.3 is 5.11 Å². The third-order valence-electron chi connectivity index (χ3n) is 2.39. The van der Waals surface area contributed by atoms with Gasteiger partial charge in [-0.1, -0.05) is 36.4 Å². The van der Waals surface area contributed by atoms with Gasteiger partial charge in [0.05, 0.1) is 5.56 Å². The molecule has 1 unspecified atom stereocenters. The number of hydrogen-bond donors (Lipinski definition) is 1. The minimum Gasteiger partial charge on any atom is -0.383 e. The second-order valence-corrected chi connectivity index (χ2v) is 3.45. The third-order valence-corrected chi connectivity index (χ3v) is 2.39. The molecule has 2 aromatic carbocycles. The molecule has 2 aromatic rings. The van der Waals surface area contributed by atoms with Crippen LogP contribution in [0, 0.1) is 11.6 Å². The molecule has 0 aromatic heterocycles. The Morgan fingerprint density at radius 1 is 0.812 bits per heavy atom. The second kappa shape index (κ2) is 4.41. The Bertz CT molecular complexity index is 462. The van der Waals surface area contributed by atoms with Crippen LogP contribution in [0.2, 0.25) is 0 Å². The highest BCUT2D eigenvalue weighted by Gasteiger charge is 2.18. The zero-order chi connectivity index (χ0) is 11.5. The highest BCUT2D eigenvalue weighted by molar-refractivity contribution is 5.31. The lowest BCUT2D eigenvalue weighted by Crippen LogP contribution is -2.05. The van der Waals surface area contributed by atoms with Crippen LogP contribution in [0.15, 0.2) is 48.5 Å². The van der Waals surface area contributed by atoms with E-state index in [-0.39, 0.29) is 5.56 Å². The molecule has 0 amide bonds. The van der Waals surface area contributed by atoms with Crippen LogP contribution >= 0.6 is 0 Å².